The van der Waals surface area contributed by atoms with Crippen LogP contribution in [0.1, 0.15) is 23.7 Å². The molecule has 0 atom stereocenters. The number of aliphatic hydroxyl groups is 1. The summed E-state index contributed by atoms with van der Waals surface area (Å²) in [6.07, 6.45) is 0.820. The summed E-state index contributed by atoms with van der Waals surface area (Å²) < 4.78 is 5.19. The Morgan fingerprint density at radius 2 is 1.90 bits per heavy atom. The van der Waals surface area contributed by atoms with E-state index in [0.717, 1.165) is 6.42 Å². The van der Waals surface area contributed by atoms with Crippen LogP contribution >= 0.6 is 0 Å². The minimum Gasteiger partial charge on any atom is -0.478 e. The Kier molecular flexibility index (Phi) is 6.69. The van der Waals surface area contributed by atoms with E-state index in [1.165, 1.54) is 29.2 Å². The second-order valence-electron chi connectivity index (χ2n) is 4.17. The van der Waals surface area contributed by atoms with Crippen LogP contribution in [0.2, 0.25) is 0 Å². The van der Waals surface area contributed by atoms with Gasteiger partial charge in [-0.05, 0) is 30.7 Å². The number of benzene rings is 1. The minimum atomic E-state index is -1.03. The summed E-state index contributed by atoms with van der Waals surface area (Å²) in [5, 5.41) is 17.9. The third-order valence-electron chi connectivity index (χ3n) is 2.62. The molecule has 1 aromatic carbocycles. The first-order chi connectivity index (χ1) is 9.60. The molecular weight excluding hydrogens is 262 g/mol. The number of anilines is 1. The number of hydrogen-bond donors (Lipinski definition) is 2. The number of nitrogens with zero attached hydrogens (tertiary/aromatic N) is 1. The van der Waals surface area contributed by atoms with Crippen molar-refractivity contribution in [1.82, 2.24) is 0 Å². The van der Waals surface area contributed by atoms with E-state index < -0.39 is 5.97 Å². The van der Waals surface area contributed by atoms with E-state index in [9.17, 15) is 9.59 Å². The first-order valence-electron chi connectivity index (χ1n) is 6.42. The molecule has 0 aliphatic rings. The van der Waals surface area contributed by atoms with Crippen molar-refractivity contribution in [1.29, 1.82) is 0 Å². The van der Waals surface area contributed by atoms with Gasteiger partial charge in [0, 0.05) is 18.8 Å². The quantitative estimate of drug-likeness (QED) is 0.698. The number of carbonyl (C=O) groups excluding carboxylic acids is 1. The number of rotatable bonds is 8. The molecule has 6 nitrogen and oxygen atoms in total. The van der Waals surface area contributed by atoms with E-state index in [2.05, 4.69) is 0 Å². The van der Waals surface area contributed by atoms with Crippen molar-refractivity contribution in [3.63, 3.8) is 0 Å². The van der Waals surface area contributed by atoms with Crippen LogP contribution in [-0.2, 0) is 9.53 Å². The molecule has 0 heterocycles. The van der Waals surface area contributed by atoms with Crippen molar-refractivity contribution in [2.45, 2.75) is 13.3 Å². The average molecular weight is 281 g/mol. The molecule has 1 amide bonds. The van der Waals surface area contributed by atoms with Crippen LogP contribution in [-0.4, -0.2) is 48.5 Å². The van der Waals surface area contributed by atoms with Crippen LogP contribution in [0.4, 0.5) is 5.69 Å². The zero-order chi connectivity index (χ0) is 15.0. The lowest BCUT2D eigenvalue weighted by Crippen LogP contribution is -2.36. The van der Waals surface area contributed by atoms with Gasteiger partial charge >= 0.3 is 5.97 Å². The molecule has 0 fully saturated rings. The van der Waals surface area contributed by atoms with Gasteiger partial charge in [0.1, 0.15) is 6.61 Å². The summed E-state index contributed by atoms with van der Waals surface area (Å²) in [6, 6.07) is 5.91. The number of ether oxygens (including phenoxy) is 1. The maximum Gasteiger partial charge on any atom is 0.335 e. The van der Waals surface area contributed by atoms with E-state index in [-0.39, 0.29) is 31.2 Å². The highest BCUT2D eigenvalue weighted by Crippen LogP contribution is 2.15. The first-order valence-corrected chi connectivity index (χ1v) is 6.42. The maximum absolute atomic E-state index is 12.0. The van der Waals surface area contributed by atoms with Gasteiger partial charge in [-0.1, -0.05) is 6.92 Å². The molecule has 0 radical (unpaired) electrons. The van der Waals surface area contributed by atoms with Gasteiger partial charge in [-0.25, -0.2) is 4.79 Å². The van der Waals surface area contributed by atoms with E-state index in [0.29, 0.717) is 12.3 Å². The molecule has 0 aliphatic heterocycles. The molecular formula is C14H19NO5. The number of aliphatic hydroxyl groups excluding tert-OH is 1. The Morgan fingerprint density at radius 3 is 2.40 bits per heavy atom. The van der Waals surface area contributed by atoms with Crippen LogP contribution in [0, 0.1) is 0 Å². The zero-order valence-corrected chi connectivity index (χ0v) is 11.4. The summed E-state index contributed by atoms with van der Waals surface area (Å²) in [7, 11) is 0. The molecule has 0 aliphatic carbocycles. The molecule has 1 aromatic rings. The van der Waals surface area contributed by atoms with Crippen LogP contribution in [0.15, 0.2) is 24.3 Å². The highest BCUT2D eigenvalue weighted by Gasteiger charge is 2.15. The number of hydrogen-bond acceptors (Lipinski definition) is 4. The van der Waals surface area contributed by atoms with Gasteiger partial charge in [-0.3, -0.25) is 4.79 Å². The second-order valence-corrected chi connectivity index (χ2v) is 4.17. The number of carboxylic acids is 1. The molecule has 0 spiro atoms. The van der Waals surface area contributed by atoms with E-state index in [1.54, 1.807) is 0 Å². The zero-order valence-electron chi connectivity index (χ0n) is 11.4. The summed E-state index contributed by atoms with van der Waals surface area (Å²) in [4.78, 5) is 24.2. The lowest BCUT2D eigenvalue weighted by Gasteiger charge is -2.22. The minimum absolute atomic E-state index is 0.0610. The van der Waals surface area contributed by atoms with Gasteiger partial charge in [-0.15, -0.1) is 0 Å². The summed E-state index contributed by atoms with van der Waals surface area (Å²) in [5.74, 6) is -1.29. The first kappa shape index (κ1) is 16.1. The average Bonchev–Trinajstić information content (AvgIpc) is 2.45. The predicted molar refractivity (Wildman–Crippen MR) is 74.0 cm³/mol. The van der Waals surface area contributed by atoms with Crippen molar-refractivity contribution in [2.24, 2.45) is 0 Å². The van der Waals surface area contributed by atoms with Crippen LogP contribution in [0.3, 0.4) is 0 Å². The number of aromatic carboxylic acids is 1. The third kappa shape index (κ3) is 4.64. The largest absolute Gasteiger partial charge is 0.478 e. The molecule has 0 saturated heterocycles. The SMILES string of the molecule is CCCOCC(=O)N(CCO)c1ccc(C(=O)O)cc1. The molecule has 1 rings (SSSR count). The summed E-state index contributed by atoms with van der Waals surface area (Å²) >= 11 is 0. The standard InChI is InChI=1S/C14H19NO5/c1-2-9-20-10-13(17)15(7-8-16)12-5-3-11(4-6-12)14(18)19/h3-6,16H,2,7-10H2,1H3,(H,18,19). The van der Waals surface area contributed by atoms with Gasteiger partial charge in [0.05, 0.1) is 12.2 Å². The van der Waals surface area contributed by atoms with Crippen molar-refractivity contribution < 1.29 is 24.5 Å². The molecule has 0 saturated carbocycles. The van der Waals surface area contributed by atoms with Crippen molar-refractivity contribution in [3.05, 3.63) is 29.8 Å². The number of carboxylic acid groups (broad SMARTS) is 1. The van der Waals surface area contributed by atoms with Crippen LogP contribution in [0.5, 0.6) is 0 Å². The maximum atomic E-state index is 12.0. The monoisotopic (exact) mass is 281 g/mol. The third-order valence-corrected chi connectivity index (χ3v) is 2.62. The molecule has 20 heavy (non-hydrogen) atoms. The van der Waals surface area contributed by atoms with E-state index in [1.807, 2.05) is 6.92 Å². The van der Waals surface area contributed by atoms with Gasteiger partial charge in [0.25, 0.3) is 5.91 Å². The molecule has 6 heteroatoms. The topological polar surface area (TPSA) is 87.1 Å². The van der Waals surface area contributed by atoms with E-state index in [4.69, 9.17) is 14.9 Å². The molecule has 0 unspecified atom stereocenters. The summed E-state index contributed by atoms with van der Waals surface area (Å²) in [6.45, 7) is 2.34. The fraction of sp³-hybridized carbons (Fsp3) is 0.429. The van der Waals surface area contributed by atoms with Gasteiger partial charge in [0.15, 0.2) is 0 Å². The molecule has 2 N–H and O–H groups in total. The lowest BCUT2D eigenvalue weighted by atomic mass is 10.2. The highest BCUT2D eigenvalue weighted by atomic mass is 16.5. The molecule has 0 aromatic heterocycles. The predicted octanol–water partition coefficient (Wildman–Crippen LogP) is 1.14. The Morgan fingerprint density at radius 1 is 1.25 bits per heavy atom. The Balaban J connectivity index is 2.78. The fourth-order valence-electron chi connectivity index (χ4n) is 1.66. The van der Waals surface area contributed by atoms with Crippen molar-refractivity contribution in [2.75, 3.05) is 31.3 Å². The smallest absolute Gasteiger partial charge is 0.335 e. The van der Waals surface area contributed by atoms with Crippen LogP contribution < -0.4 is 4.90 Å². The number of amides is 1. The fourth-order valence-corrected chi connectivity index (χ4v) is 1.66. The normalized spacial score (nSPS) is 10.3. The second kappa shape index (κ2) is 8.29. The summed E-state index contributed by atoms with van der Waals surface area (Å²) in [5.41, 5.74) is 0.682. The van der Waals surface area contributed by atoms with Crippen molar-refractivity contribution in [3.8, 4) is 0 Å². The Hall–Kier alpha value is -1.92. The molecule has 110 valence electrons. The highest BCUT2D eigenvalue weighted by molar-refractivity contribution is 5.95. The Bertz CT molecular complexity index is 443. The van der Waals surface area contributed by atoms with Gasteiger partial charge in [-0.2, -0.15) is 0 Å². The number of carbonyl (C=O) groups is 2. The van der Waals surface area contributed by atoms with Gasteiger partial charge in [0.2, 0.25) is 0 Å². The van der Waals surface area contributed by atoms with Gasteiger partial charge < -0.3 is 19.8 Å². The van der Waals surface area contributed by atoms with Crippen LogP contribution in [0.25, 0.3) is 0 Å². The Labute approximate surface area is 117 Å². The lowest BCUT2D eigenvalue weighted by molar-refractivity contribution is -0.123. The van der Waals surface area contributed by atoms with E-state index >= 15 is 0 Å². The molecule has 0 bridgehead atoms. The van der Waals surface area contributed by atoms with Crippen molar-refractivity contribution >= 4 is 17.6 Å².